The van der Waals surface area contributed by atoms with Gasteiger partial charge in [0.25, 0.3) is 0 Å². The van der Waals surface area contributed by atoms with Crippen molar-refractivity contribution in [3.05, 3.63) is 66.9 Å². The van der Waals surface area contributed by atoms with E-state index >= 15 is 0 Å². The van der Waals surface area contributed by atoms with E-state index in [0.717, 1.165) is 22.8 Å². The Morgan fingerprint density at radius 2 is 1.50 bits per heavy atom. The fraction of sp³-hybridized carbons (Fsp3) is 0.393. The van der Waals surface area contributed by atoms with Gasteiger partial charge in [0.1, 0.15) is 5.75 Å². The number of ether oxygens (including phenoxy) is 1. The molecule has 2 N–H and O–H groups in total. The predicted octanol–water partition coefficient (Wildman–Crippen LogP) is 4.88. The third kappa shape index (κ3) is 6.44. The van der Waals surface area contributed by atoms with E-state index in [1.807, 2.05) is 70.3 Å². The Labute approximate surface area is 218 Å². The van der Waals surface area contributed by atoms with Crippen LogP contribution < -0.4 is 15.1 Å². The molecular formula is C28H36IrNO3Si-. The summed E-state index contributed by atoms with van der Waals surface area (Å²) in [5.74, 6) is 2.42. The quantitative estimate of drug-likeness (QED) is 0.304. The number of aliphatic hydroxyl groups is 2. The first kappa shape index (κ1) is 28.4. The largest absolute Gasteiger partial charge is 0.477 e. The third-order valence-corrected chi connectivity index (χ3v) is 9.81. The number of aromatic nitrogens is 1. The fourth-order valence-corrected chi connectivity index (χ4v) is 7.12. The average Bonchev–Trinajstić information content (AvgIpc) is 2.79. The number of fused-ring (bicyclic) bond motifs is 2. The zero-order valence-corrected chi connectivity index (χ0v) is 24.3. The monoisotopic (exact) mass is 655 g/mol. The Balaban J connectivity index is 0.000000294. The molecule has 6 heteroatoms. The summed E-state index contributed by atoms with van der Waals surface area (Å²) in [6.45, 7) is 12.6. The van der Waals surface area contributed by atoms with Crippen LogP contribution in [0.3, 0.4) is 0 Å². The molecule has 0 spiro atoms. The van der Waals surface area contributed by atoms with Crippen LogP contribution in [0.1, 0.15) is 34.1 Å². The molecule has 1 radical (unpaired) electrons. The van der Waals surface area contributed by atoms with E-state index in [1.54, 1.807) is 0 Å². The molecule has 2 aromatic carbocycles. The van der Waals surface area contributed by atoms with E-state index in [-0.39, 0.29) is 44.1 Å². The van der Waals surface area contributed by atoms with Gasteiger partial charge in [-0.1, -0.05) is 76.3 Å². The molecule has 185 valence electrons. The minimum Gasteiger partial charge on any atom is -0.477 e. The second-order valence-corrected chi connectivity index (χ2v) is 14.2. The molecule has 1 aliphatic heterocycles. The van der Waals surface area contributed by atoms with Gasteiger partial charge in [-0.25, -0.2) is 0 Å². The van der Waals surface area contributed by atoms with E-state index in [4.69, 9.17) is 4.74 Å². The number of pyridine rings is 1. The van der Waals surface area contributed by atoms with Crippen molar-refractivity contribution in [3.8, 4) is 22.8 Å². The van der Waals surface area contributed by atoms with Crippen molar-refractivity contribution in [3.63, 3.8) is 0 Å². The van der Waals surface area contributed by atoms with E-state index < -0.39 is 8.07 Å². The van der Waals surface area contributed by atoms with Crippen LogP contribution in [0, 0.1) is 17.9 Å². The summed E-state index contributed by atoms with van der Waals surface area (Å²) in [5.41, 5.74) is 2.03. The normalized spacial score (nSPS) is 15.1. The summed E-state index contributed by atoms with van der Waals surface area (Å²) in [4.78, 5) is 4.51. The maximum atomic E-state index is 9.39. The molecule has 0 bridgehead atoms. The van der Waals surface area contributed by atoms with Gasteiger partial charge in [0, 0.05) is 32.1 Å². The standard InChI is InChI=1S/C19H16NOSi.C9H20O2.Ir/c1-22(2)18-12-4-3-10-16(18)21-17-11-7-8-14(19(17)22)15-9-5-6-13-20-15;1-6(2)8(10)5-9(11)7(3)4;/h3-7,9-13H,1-2H3;6-11H,5H2,1-4H3;/q-1;;. The Bertz CT molecular complexity index is 1040. The Morgan fingerprint density at radius 1 is 0.882 bits per heavy atom. The van der Waals surface area contributed by atoms with Crippen LogP contribution in [0.4, 0.5) is 0 Å². The Kier molecular flexibility index (Phi) is 10.2. The SMILES string of the molecule is CC(C)C(O)CC(O)C(C)C.C[Si]1(C)c2ccccc2Oc2cc[c-]c(-c3ccccn3)c21.[Ir]. The van der Waals surface area contributed by atoms with Crippen molar-refractivity contribution in [1.29, 1.82) is 0 Å². The molecule has 1 aliphatic rings. The van der Waals surface area contributed by atoms with Gasteiger partial charge >= 0.3 is 0 Å². The van der Waals surface area contributed by atoms with Crippen molar-refractivity contribution in [2.45, 2.75) is 59.4 Å². The number of hydrogen-bond donors (Lipinski definition) is 2. The second-order valence-electron chi connectivity index (χ2n) is 9.89. The maximum absolute atomic E-state index is 9.39. The van der Waals surface area contributed by atoms with Gasteiger partial charge in [-0.05, 0) is 41.3 Å². The first-order valence-corrected chi connectivity index (χ1v) is 14.7. The zero-order valence-electron chi connectivity index (χ0n) is 20.9. The van der Waals surface area contributed by atoms with Crippen LogP contribution in [-0.4, -0.2) is 35.5 Å². The number of rotatable bonds is 5. The molecule has 0 amide bonds. The first-order chi connectivity index (χ1) is 15.6. The predicted molar refractivity (Wildman–Crippen MR) is 138 cm³/mol. The van der Waals surface area contributed by atoms with Crippen LogP contribution in [0.5, 0.6) is 11.5 Å². The molecule has 4 rings (SSSR count). The fourth-order valence-electron chi connectivity index (χ4n) is 4.01. The number of hydrogen-bond acceptors (Lipinski definition) is 4. The third-order valence-electron chi connectivity index (χ3n) is 6.31. The molecule has 2 atom stereocenters. The van der Waals surface area contributed by atoms with E-state index in [0.29, 0.717) is 6.42 Å². The van der Waals surface area contributed by atoms with Crippen molar-refractivity contribution in [2.24, 2.45) is 11.8 Å². The molecule has 2 heterocycles. The van der Waals surface area contributed by atoms with Gasteiger partial charge in [-0.3, -0.25) is 0 Å². The van der Waals surface area contributed by atoms with Crippen molar-refractivity contribution < 1.29 is 35.1 Å². The van der Waals surface area contributed by atoms with Gasteiger partial charge in [0.2, 0.25) is 0 Å². The van der Waals surface area contributed by atoms with Crippen LogP contribution >= 0.6 is 0 Å². The van der Waals surface area contributed by atoms with Crippen LogP contribution in [-0.2, 0) is 20.1 Å². The number of aliphatic hydroxyl groups excluding tert-OH is 2. The molecule has 0 saturated heterocycles. The van der Waals surface area contributed by atoms with Gasteiger partial charge in [0.15, 0.2) is 0 Å². The van der Waals surface area contributed by atoms with Gasteiger partial charge in [-0.15, -0.1) is 23.8 Å². The van der Waals surface area contributed by atoms with Crippen LogP contribution in [0.15, 0.2) is 60.8 Å². The van der Waals surface area contributed by atoms with E-state index in [9.17, 15) is 10.2 Å². The molecule has 4 nitrogen and oxygen atoms in total. The Morgan fingerprint density at radius 3 is 2.09 bits per heavy atom. The van der Waals surface area contributed by atoms with E-state index in [2.05, 4.69) is 42.3 Å². The second kappa shape index (κ2) is 12.2. The van der Waals surface area contributed by atoms with Crippen molar-refractivity contribution >= 4 is 18.4 Å². The van der Waals surface area contributed by atoms with E-state index in [1.165, 1.54) is 10.4 Å². The minimum atomic E-state index is -1.86. The number of para-hydroxylation sites is 1. The number of nitrogens with zero attached hydrogens (tertiary/aromatic N) is 1. The molecule has 0 saturated carbocycles. The molecule has 34 heavy (non-hydrogen) atoms. The molecule has 1 aromatic heterocycles. The summed E-state index contributed by atoms with van der Waals surface area (Å²) in [7, 11) is -1.86. The smallest absolute Gasteiger partial charge is 0.123 e. The summed E-state index contributed by atoms with van der Waals surface area (Å²) < 4.78 is 6.16. The Hall–Kier alpha value is -1.82. The van der Waals surface area contributed by atoms with Crippen molar-refractivity contribution in [1.82, 2.24) is 4.98 Å². The summed E-state index contributed by atoms with van der Waals surface area (Å²) >= 11 is 0. The van der Waals surface area contributed by atoms with Crippen LogP contribution in [0.25, 0.3) is 11.3 Å². The topological polar surface area (TPSA) is 62.6 Å². The number of benzene rings is 2. The minimum absolute atomic E-state index is 0. The molecule has 0 aliphatic carbocycles. The molecular weight excluding hydrogens is 619 g/mol. The molecule has 2 unspecified atom stereocenters. The average molecular weight is 655 g/mol. The summed E-state index contributed by atoms with van der Waals surface area (Å²) in [5, 5.41) is 21.4. The molecule has 0 fully saturated rings. The first-order valence-electron chi connectivity index (χ1n) is 11.7. The maximum Gasteiger partial charge on any atom is 0.123 e. The van der Waals surface area contributed by atoms with Gasteiger partial charge < -0.3 is 19.9 Å². The summed E-state index contributed by atoms with van der Waals surface area (Å²) in [6, 6.07) is 21.7. The van der Waals surface area contributed by atoms with Gasteiger partial charge in [-0.2, -0.15) is 0 Å². The summed E-state index contributed by atoms with van der Waals surface area (Å²) in [6.07, 6.45) is 1.59. The zero-order chi connectivity index (χ0) is 24.2. The van der Waals surface area contributed by atoms with Crippen LogP contribution in [0.2, 0.25) is 13.1 Å². The van der Waals surface area contributed by atoms with Crippen molar-refractivity contribution in [2.75, 3.05) is 0 Å². The molecule has 3 aromatic rings. The van der Waals surface area contributed by atoms with Gasteiger partial charge in [0.05, 0.1) is 20.3 Å².